The number of methoxy groups -OCH3 is 1. The summed E-state index contributed by atoms with van der Waals surface area (Å²) in [4.78, 5) is 4.12. The van der Waals surface area contributed by atoms with Crippen LogP contribution in [0.1, 0.15) is 26.3 Å². The number of nitrogen functional groups attached to an aromatic ring is 1. The van der Waals surface area contributed by atoms with Gasteiger partial charge >= 0.3 is 0 Å². The predicted molar refractivity (Wildman–Crippen MR) is 78.3 cm³/mol. The lowest BCUT2D eigenvalue weighted by Gasteiger charge is -2.22. The molecule has 0 amide bonds. The standard InChI is InChI=1S/C14H18N2O2S/c1-14(2,3)10-7-9(17-4)5-6-11(10)18-13-16-8-12(15)19-13/h5-8H,15H2,1-4H3. The van der Waals surface area contributed by atoms with Crippen LogP contribution in [-0.2, 0) is 5.41 Å². The molecule has 0 saturated carbocycles. The van der Waals surface area contributed by atoms with E-state index in [1.165, 1.54) is 11.3 Å². The van der Waals surface area contributed by atoms with Gasteiger partial charge in [0.15, 0.2) is 0 Å². The lowest BCUT2D eigenvalue weighted by molar-refractivity contribution is 0.407. The summed E-state index contributed by atoms with van der Waals surface area (Å²) < 4.78 is 11.1. The van der Waals surface area contributed by atoms with Gasteiger partial charge < -0.3 is 15.2 Å². The molecule has 0 fully saturated rings. The molecular formula is C14H18N2O2S. The smallest absolute Gasteiger partial charge is 0.280 e. The third-order valence-corrected chi connectivity index (χ3v) is 3.40. The van der Waals surface area contributed by atoms with E-state index in [0.717, 1.165) is 17.1 Å². The molecular weight excluding hydrogens is 260 g/mol. The van der Waals surface area contributed by atoms with Crippen LogP contribution in [-0.4, -0.2) is 12.1 Å². The van der Waals surface area contributed by atoms with Gasteiger partial charge in [-0.3, -0.25) is 0 Å². The van der Waals surface area contributed by atoms with Crippen LogP contribution in [0.4, 0.5) is 5.00 Å². The Balaban J connectivity index is 2.39. The Morgan fingerprint density at radius 2 is 2.00 bits per heavy atom. The minimum atomic E-state index is -0.0489. The van der Waals surface area contributed by atoms with Crippen molar-refractivity contribution in [2.45, 2.75) is 26.2 Å². The molecule has 102 valence electrons. The van der Waals surface area contributed by atoms with Crippen molar-refractivity contribution in [3.05, 3.63) is 30.0 Å². The number of nitrogens with two attached hydrogens (primary N) is 1. The maximum Gasteiger partial charge on any atom is 0.280 e. The SMILES string of the molecule is COc1ccc(Oc2ncc(N)s2)c(C(C)(C)C)c1. The van der Waals surface area contributed by atoms with E-state index >= 15 is 0 Å². The second-order valence-electron chi connectivity index (χ2n) is 5.24. The van der Waals surface area contributed by atoms with Gasteiger partial charge in [-0.15, -0.1) is 0 Å². The molecule has 1 aromatic heterocycles. The van der Waals surface area contributed by atoms with E-state index in [4.69, 9.17) is 15.2 Å². The summed E-state index contributed by atoms with van der Waals surface area (Å²) in [6, 6.07) is 5.77. The van der Waals surface area contributed by atoms with Crippen molar-refractivity contribution < 1.29 is 9.47 Å². The van der Waals surface area contributed by atoms with Gasteiger partial charge in [0, 0.05) is 5.56 Å². The lowest BCUT2D eigenvalue weighted by atomic mass is 9.86. The van der Waals surface area contributed by atoms with Crippen LogP contribution in [0.5, 0.6) is 16.7 Å². The first kappa shape index (κ1) is 13.7. The van der Waals surface area contributed by atoms with Crippen molar-refractivity contribution in [2.75, 3.05) is 12.8 Å². The molecule has 0 aliphatic carbocycles. The zero-order valence-electron chi connectivity index (χ0n) is 11.6. The topological polar surface area (TPSA) is 57.4 Å². The van der Waals surface area contributed by atoms with Gasteiger partial charge in [0.1, 0.15) is 16.5 Å². The molecule has 1 aromatic carbocycles. The minimum absolute atomic E-state index is 0.0489. The van der Waals surface area contributed by atoms with Crippen LogP contribution in [0.3, 0.4) is 0 Å². The van der Waals surface area contributed by atoms with Crippen molar-refractivity contribution >= 4 is 16.3 Å². The minimum Gasteiger partial charge on any atom is -0.497 e. The molecule has 0 spiro atoms. The fourth-order valence-electron chi connectivity index (χ4n) is 1.72. The summed E-state index contributed by atoms with van der Waals surface area (Å²) in [7, 11) is 1.66. The van der Waals surface area contributed by atoms with Gasteiger partial charge in [-0.25, -0.2) is 4.98 Å². The number of thiazole rings is 1. The van der Waals surface area contributed by atoms with Crippen LogP contribution < -0.4 is 15.2 Å². The molecule has 2 rings (SSSR count). The van der Waals surface area contributed by atoms with Crippen molar-refractivity contribution in [1.82, 2.24) is 4.98 Å². The normalized spacial score (nSPS) is 11.4. The van der Waals surface area contributed by atoms with Gasteiger partial charge in [0.25, 0.3) is 5.19 Å². The lowest BCUT2D eigenvalue weighted by Crippen LogP contribution is -2.12. The third kappa shape index (κ3) is 3.17. The highest BCUT2D eigenvalue weighted by molar-refractivity contribution is 7.17. The average molecular weight is 278 g/mol. The van der Waals surface area contributed by atoms with Crippen molar-refractivity contribution in [1.29, 1.82) is 0 Å². The van der Waals surface area contributed by atoms with E-state index in [2.05, 4.69) is 25.8 Å². The number of hydrogen-bond donors (Lipinski definition) is 1. The van der Waals surface area contributed by atoms with Gasteiger partial charge in [-0.2, -0.15) is 0 Å². The van der Waals surface area contributed by atoms with Gasteiger partial charge in [-0.1, -0.05) is 32.1 Å². The molecule has 0 radical (unpaired) electrons. The van der Waals surface area contributed by atoms with Gasteiger partial charge in [-0.05, 0) is 23.6 Å². The first-order chi connectivity index (χ1) is 8.90. The molecule has 0 aliphatic heterocycles. The van der Waals surface area contributed by atoms with Crippen LogP contribution in [0.25, 0.3) is 0 Å². The molecule has 4 nitrogen and oxygen atoms in total. The summed E-state index contributed by atoms with van der Waals surface area (Å²) in [5.41, 5.74) is 6.68. The summed E-state index contributed by atoms with van der Waals surface area (Å²) in [5, 5.41) is 1.19. The number of benzene rings is 1. The van der Waals surface area contributed by atoms with Crippen LogP contribution in [0, 0.1) is 0 Å². The molecule has 0 unspecified atom stereocenters. The van der Waals surface area contributed by atoms with E-state index in [1.54, 1.807) is 13.3 Å². The highest BCUT2D eigenvalue weighted by Gasteiger charge is 2.21. The zero-order valence-corrected chi connectivity index (χ0v) is 12.4. The van der Waals surface area contributed by atoms with Crippen molar-refractivity contribution in [2.24, 2.45) is 0 Å². The van der Waals surface area contributed by atoms with Crippen LogP contribution >= 0.6 is 11.3 Å². The fraction of sp³-hybridized carbons (Fsp3) is 0.357. The Labute approximate surface area is 117 Å². The quantitative estimate of drug-likeness (QED) is 0.927. The van der Waals surface area contributed by atoms with E-state index in [-0.39, 0.29) is 5.41 Å². The van der Waals surface area contributed by atoms with Crippen LogP contribution in [0.15, 0.2) is 24.4 Å². The summed E-state index contributed by atoms with van der Waals surface area (Å²) in [6.07, 6.45) is 1.60. The monoisotopic (exact) mass is 278 g/mol. The second-order valence-corrected chi connectivity index (χ2v) is 6.27. The maximum atomic E-state index is 5.83. The third-order valence-electron chi connectivity index (χ3n) is 2.69. The van der Waals surface area contributed by atoms with Gasteiger partial charge in [0.2, 0.25) is 0 Å². The first-order valence-corrected chi connectivity index (χ1v) is 6.79. The highest BCUT2D eigenvalue weighted by Crippen LogP contribution is 2.37. The highest BCUT2D eigenvalue weighted by atomic mass is 32.1. The molecule has 0 bridgehead atoms. The number of hydrogen-bond acceptors (Lipinski definition) is 5. The zero-order chi connectivity index (χ0) is 14.0. The maximum absolute atomic E-state index is 5.83. The van der Waals surface area contributed by atoms with Gasteiger partial charge in [0.05, 0.1) is 13.3 Å². The van der Waals surface area contributed by atoms with E-state index < -0.39 is 0 Å². The summed E-state index contributed by atoms with van der Waals surface area (Å²) in [5.74, 6) is 1.60. The summed E-state index contributed by atoms with van der Waals surface area (Å²) >= 11 is 1.33. The average Bonchev–Trinajstić information content (AvgIpc) is 2.74. The molecule has 0 aliphatic rings. The molecule has 0 saturated heterocycles. The predicted octanol–water partition coefficient (Wildman–Crippen LogP) is 3.82. The Morgan fingerprint density at radius 3 is 2.53 bits per heavy atom. The Hall–Kier alpha value is -1.75. The number of ether oxygens (including phenoxy) is 2. The number of anilines is 1. The van der Waals surface area contributed by atoms with E-state index in [9.17, 15) is 0 Å². The first-order valence-electron chi connectivity index (χ1n) is 5.98. The molecule has 2 N–H and O–H groups in total. The summed E-state index contributed by atoms with van der Waals surface area (Å²) in [6.45, 7) is 6.39. The second kappa shape index (κ2) is 5.09. The largest absolute Gasteiger partial charge is 0.497 e. The number of aromatic nitrogens is 1. The Kier molecular flexibility index (Phi) is 3.66. The Morgan fingerprint density at radius 1 is 1.26 bits per heavy atom. The molecule has 1 heterocycles. The fourth-order valence-corrected chi connectivity index (χ4v) is 2.27. The Bertz CT molecular complexity index is 573. The van der Waals surface area contributed by atoms with Crippen molar-refractivity contribution in [3.63, 3.8) is 0 Å². The molecule has 2 aromatic rings. The number of rotatable bonds is 3. The van der Waals surface area contributed by atoms with Crippen LogP contribution in [0.2, 0.25) is 0 Å². The van der Waals surface area contributed by atoms with Crippen molar-refractivity contribution in [3.8, 4) is 16.7 Å². The molecule has 0 atom stereocenters. The number of nitrogens with zero attached hydrogens (tertiary/aromatic N) is 1. The van der Waals surface area contributed by atoms with E-state index in [1.807, 2.05) is 18.2 Å². The van der Waals surface area contributed by atoms with E-state index in [0.29, 0.717) is 10.2 Å². The molecule has 5 heteroatoms. The molecule has 19 heavy (non-hydrogen) atoms.